The van der Waals surface area contributed by atoms with Crippen LogP contribution in [-0.4, -0.2) is 33.5 Å². The molecule has 3 N–H and O–H groups in total. The summed E-state index contributed by atoms with van der Waals surface area (Å²) in [5.41, 5.74) is 0.948. The normalized spacial score (nSPS) is 20.3. The van der Waals surface area contributed by atoms with Gasteiger partial charge in [0.05, 0.1) is 4.90 Å². The Labute approximate surface area is 154 Å². The van der Waals surface area contributed by atoms with Gasteiger partial charge in [-0.2, -0.15) is 0 Å². The number of sulfonamides is 1. The van der Waals surface area contributed by atoms with Crippen LogP contribution < -0.4 is 15.4 Å². The second-order valence-corrected chi connectivity index (χ2v) is 8.23. The maximum atomic E-state index is 12.4. The maximum absolute atomic E-state index is 12.4. The molecule has 3 rings (SSSR count). The number of rotatable bonds is 5. The first-order chi connectivity index (χ1) is 12.5. The molecular formula is C19H23N3O3S. The molecule has 6 nitrogen and oxygen atoms in total. The van der Waals surface area contributed by atoms with E-state index < -0.39 is 10.0 Å². The lowest BCUT2D eigenvalue weighted by molar-refractivity contribution is 0.0914. The van der Waals surface area contributed by atoms with Crippen LogP contribution in [0.25, 0.3) is 0 Å². The van der Waals surface area contributed by atoms with Crippen molar-refractivity contribution in [2.24, 2.45) is 5.92 Å². The van der Waals surface area contributed by atoms with Gasteiger partial charge in [0.1, 0.15) is 0 Å². The van der Waals surface area contributed by atoms with Gasteiger partial charge < -0.3 is 10.6 Å². The van der Waals surface area contributed by atoms with Crippen LogP contribution in [-0.2, 0) is 10.0 Å². The SMILES string of the molecule is CC1CNCCC1NC(=O)c1ccc(S(=O)(=O)Nc2ccccc2)cc1. The fraction of sp³-hybridized carbons (Fsp3) is 0.316. The number of carbonyl (C=O) groups excluding carboxylic acids is 1. The molecule has 0 aliphatic carbocycles. The lowest BCUT2D eigenvalue weighted by Crippen LogP contribution is -2.48. The first kappa shape index (κ1) is 18.4. The number of para-hydroxylation sites is 1. The van der Waals surface area contributed by atoms with Crippen LogP contribution in [0.5, 0.6) is 0 Å². The van der Waals surface area contributed by atoms with Crippen molar-refractivity contribution in [3.63, 3.8) is 0 Å². The summed E-state index contributed by atoms with van der Waals surface area (Å²) in [4.78, 5) is 12.5. The molecule has 0 radical (unpaired) electrons. The van der Waals surface area contributed by atoms with Crippen LogP contribution in [0.4, 0.5) is 5.69 Å². The molecule has 2 atom stereocenters. The highest BCUT2D eigenvalue weighted by atomic mass is 32.2. The summed E-state index contributed by atoms with van der Waals surface area (Å²) in [5, 5.41) is 6.34. The highest BCUT2D eigenvalue weighted by molar-refractivity contribution is 7.92. The fourth-order valence-electron chi connectivity index (χ4n) is 2.99. The van der Waals surface area contributed by atoms with Crippen LogP contribution in [0.3, 0.4) is 0 Å². The molecule has 0 spiro atoms. The van der Waals surface area contributed by atoms with Gasteiger partial charge in [0, 0.05) is 17.3 Å². The monoisotopic (exact) mass is 373 g/mol. The van der Waals surface area contributed by atoms with Crippen molar-refractivity contribution < 1.29 is 13.2 Å². The van der Waals surface area contributed by atoms with Crippen molar-refractivity contribution in [2.45, 2.75) is 24.3 Å². The number of carbonyl (C=O) groups is 1. The Morgan fingerprint density at radius 3 is 2.42 bits per heavy atom. The van der Waals surface area contributed by atoms with Gasteiger partial charge in [0.15, 0.2) is 0 Å². The Kier molecular flexibility index (Phi) is 5.58. The van der Waals surface area contributed by atoms with Gasteiger partial charge in [-0.1, -0.05) is 25.1 Å². The van der Waals surface area contributed by atoms with E-state index in [0.29, 0.717) is 17.2 Å². The minimum atomic E-state index is -3.68. The minimum Gasteiger partial charge on any atom is -0.349 e. The molecule has 7 heteroatoms. The highest BCUT2D eigenvalue weighted by Gasteiger charge is 2.23. The van der Waals surface area contributed by atoms with Crippen LogP contribution in [0.1, 0.15) is 23.7 Å². The Hall–Kier alpha value is -2.38. The first-order valence-corrected chi connectivity index (χ1v) is 10.1. The molecule has 1 fully saturated rings. The predicted octanol–water partition coefficient (Wildman–Crippen LogP) is 2.22. The Balaban J connectivity index is 1.68. The molecule has 1 amide bonds. The molecule has 1 aliphatic heterocycles. The quantitative estimate of drug-likeness (QED) is 0.750. The molecule has 0 aromatic heterocycles. The largest absolute Gasteiger partial charge is 0.349 e. The van der Waals surface area contributed by atoms with E-state index in [1.165, 1.54) is 12.1 Å². The van der Waals surface area contributed by atoms with Crippen molar-refractivity contribution >= 4 is 21.6 Å². The van der Waals surface area contributed by atoms with E-state index >= 15 is 0 Å². The number of benzene rings is 2. The molecule has 0 saturated carbocycles. The van der Waals surface area contributed by atoms with Crippen LogP contribution in [0.2, 0.25) is 0 Å². The molecular weight excluding hydrogens is 350 g/mol. The highest BCUT2D eigenvalue weighted by Crippen LogP contribution is 2.17. The predicted molar refractivity (Wildman–Crippen MR) is 102 cm³/mol. The summed E-state index contributed by atoms with van der Waals surface area (Å²) in [6.07, 6.45) is 0.889. The molecule has 26 heavy (non-hydrogen) atoms. The van der Waals surface area contributed by atoms with Gasteiger partial charge >= 0.3 is 0 Å². The second-order valence-electron chi connectivity index (χ2n) is 6.55. The second kappa shape index (κ2) is 7.88. The summed E-state index contributed by atoms with van der Waals surface area (Å²) in [6.45, 7) is 3.87. The van der Waals surface area contributed by atoms with Crippen molar-refractivity contribution in [3.05, 3.63) is 60.2 Å². The van der Waals surface area contributed by atoms with Crippen LogP contribution >= 0.6 is 0 Å². The Morgan fingerprint density at radius 2 is 1.77 bits per heavy atom. The number of piperidine rings is 1. The van der Waals surface area contributed by atoms with E-state index in [4.69, 9.17) is 0 Å². The lowest BCUT2D eigenvalue weighted by Gasteiger charge is -2.30. The summed E-state index contributed by atoms with van der Waals surface area (Å²) >= 11 is 0. The summed E-state index contributed by atoms with van der Waals surface area (Å²) < 4.78 is 27.4. The zero-order valence-electron chi connectivity index (χ0n) is 14.6. The van der Waals surface area contributed by atoms with Gasteiger partial charge in [-0.25, -0.2) is 8.42 Å². The van der Waals surface area contributed by atoms with E-state index in [9.17, 15) is 13.2 Å². The number of nitrogens with one attached hydrogen (secondary N) is 3. The summed E-state index contributed by atoms with van der Waals surface area (Å²) in [5.74, 6) is 0.186. The standard InChI is InChI=1S/C19H23N3O3S/c1-14-13-20-12-11-18(14)21-19(23)15-7-9-17(10-8-15)26(24,25)22-16-5-3-2-4-6-16/h2-10,14,18,20,22H,11-13H2,1H3,(H,21,23). The van der Waals surface area contributed by atoms with Crippen molar-refractivity contribution in [3.8, 4) is 0 Å². The van der Waals surface area contributed by atoms with Crippen molar-refractivity contribution in [1.29, 1.82) is 0 Å². The third-order valence-corrected chi connectivity index (χ3v) is 5.95. The Bertz CT molecular complexity index is 851. The minimum absolute atomic E-state index is 0.119. The van der Waals surface area contributed by atoms with Crippen LogP contribution in [0.15, 0.2) is 59.5 Å². The van der Waals surface area contributed by atoms with Crippen molar-refractivity contribution in [1.82, 2.24) is 10.6 Å². The fourth-order valence-corrected chi connectivity index (χ4v) is 4.04. The topological polar surface area (TPSA) is 87.3 Å². The summed E-state index contributed by atoms with van der Waals surface area (Å²) in [7, 11) is -3.68. The molecule has 1 heterocycles. The molecule has 138 valence electrons. The number of anilines is 1. The smallest absolute Gasteiger partial charge is 0.261 e. The molecule has 0 bridgehead atoms. The van der Waals surface area contributed by atoms with Gasteiger partial charge in [0.25, 0.3) is 15.9 Å². The van der Waals surface area contributed by atoms with E-state index in [1.54, 1.807) is 36.4 Å². The average Bonchev–Trinajstić information content (AvgIpc) is 2.64. The molecule has 2 aromatic carbocycles. The Morgan fingerprint density at radius 1 is 1.08 bits per heavy atom. The number of hydrogen-bond donors (Lipinski definition) is 3. The van der Waals surface area contributed by atoms with Gasteiger partial charge in [0.2, 0.25) is 0 Å². The van der Waals surface area contributed by atoms with Crippen molar-refractivity contribution in [2.75, 3.05) is 17.8 Å². The van der Waals surface area contributed by atoms with E-state index in [0.717, 1.165) is 19.5 Å². The van der Waals surface area contributed by atoms with Gasteiger partial charge in [-0.05, 0) is 61.8 Å². The average molecular weight is 373 g/mol. The maximum Gasteiger partial charge on any atom is 0.261 e. The molecule has 1 saturated heterocycles. The van der Waals surface area contributed by atoms with E-state index in [1.807, 2.05) is 6.07 Å². The molecule has 1 aliphatic rings. The third kappa shape index (κ3) is 4.42. The van der Waals surface area contributed by atoms with Gasteiger partial charge in [-0.15, -0.1) is 0 Å². The zero-order chi connectivity index (χ0) is 18.6. The molecule has 2 aromatic rings. The summed E-state index contributed by atoms with van der Waals surface area (Å²) in [6, 6.07) is 14.8. The van der Waals surface area contributed by atoms with Gasteiger partial charge in [-0.3, -0.25) is 9.52 Å². The van der Waals surface area contributed by atoms with E-state index in [2.05, 4.69) is 22.3 Å². The van der Waals surface area contributed by atoms with E-state index in [-0.39, 0.29) is 16.8 Å². The zero-order valence-corrected chi connectivity index (χ0v) is 15.4. The lowest BCUT2D eigenvalue weighted by atomic mass is 9.95. The number of hydrogen-bond acceptors (Lipinski definition) is 4. The number of amides is 1. The first-order valence-electron chi connectivity index (χ1n) is 8.65. The van der Waals surface area contributed by atoms with Crippen LogP contribution in [0, 0.1) is 5.92 Å². The molecule has 2 unspecified atom stereocenters. The third-order valence-electron chi connectivity index (χ3n) is 4.55.